The van der Waals surface area contributed by atoms with Crippen LogP contribution < -0.4 is 16.1 Å². The van der Waals surface area contributed by atoms with Crippen LogP contribution in [0.5, 0.6) is 0 Å². The number of fused-ring (bicyclic) bond motifs is 2. The van der Waals surface area contributed by atoms with E-state index < -0.39 is 47.9 Å². The number of hydrazine groups is 1. The highest BCUT2D eigenvalue weighted by molar-refractivity contribution is 5.93. The molecule has 10 nitrogen and oxygen atoms in total. The van der Waals surface area contributed by atoms with Crippen molar-refractivity contribution in [1.29, 1.82) is 0 Å². The Morgan fingerprint density at radius 3 is 2.43 bits per heavy atom. The molecule has 1 aromatic rings. The zero-order valence-corrected chi connectivity index (χ0v) is 25.4. The van der Waals surface area contributed by atoms with Crippen molar-refractivity contribution in [2.75, 3.05) is 13.2 Å². The average molecular weight is 585 g/mol. The number of hydrogen-bond acceptors (Lipinski definition) is 7. The van der Waals surface area contributed by atoms with E-state index in [1.165, 1.54) is 5.01 Å². The Labute approximate surface area is 249 Å². The van der Waals surface area contributed by atoms with Crippen molar-refractivity contribution in [3.05, 3.63) is 48.0 Å². The first-order valence-corrected chi connectivity index (χ1v) is 15.3. The van der Waals surface area contributed by atoms with E-state index in [0.29, 0.717) is 38.8 Å². The molecule has 1 aromatic carbocycles. The second kappa shape index (κ2) is 16.4. The first-order chi connectivity index (χ1) is 20.1. The smallest absolute Gasteiger partial charge is 0.324 e. The topological polar surface area (TPSA) is 137 Å². The molecule has 2 aliphatic rings. The summed E-state index contributed by atoms with van der Waals surface area (Å²) in [6, 6.07) is 6.87. The van der Waals surface area contributed by atoms with Gasteiger partial charge in [-0.15, -0.1) is 0 Å². The van der Waals surface area contributed by atoms with Crippen molar-refractivity contribution in [3.63, 3.8) is 0 Å². The number of carbonyl (C=O) groups excluding carboxylic acids is 4. The van der Waals surface area contributed by atoms with Gasteiger partial charge in [0.2, 0.25) is 11.8 Å². The Kier molecular flexibility index (Phi) is 13.0. The number of benzene rings is 1. The number of ether oxygens (including phenoxy) is 1. The minimum Gasteiger partial charge on any atom is -0.464 e. The fourth-order valence-electron chi connectivity index (χ4n) is 5.29. The average Bonchev–Trinajstić information content (AvgIpc) is 2.99. The molecule has 2 aliphatic heterocycles. The van der Waals surface area contributed by atoms with Crippen LogP contribution in [0.15, 0.2) is 42.5 Å². The summed E-state index contributed by atoms with van der Waals surface area (Å²) in [5.74, 6) is -2.84. The van der Waals surface area contributed by atoms with Gasteiger partial charge in [0.1, 0.15) is 18.1 Å². The predicted molar refractivity (Wildman–Crippen MR) is 160 cm³/mol. The third kappa shape index (κ3) is 9.66. The van der Waals surface area contributed by atoms with E-state index in [2.05, 4.69) is 16.1 Å². The number of esters is 1. The van der Waals surface area contributed by atoms with E-state index in [4.69, 9.17) is 4.74 Å². The highest BCUT2D eigenvalue weighted by Crippen LogP contribution is 2.19. The van der Waals surface area contributed by atoms with Crippen LogP contribution in [-0.4, -0.2) is 71.2 Å². The van der Waals surface area contributed by atoms with Gasteiger partial charge in [-0.3, -0.25) is 24.2 Å². The molecule has 2 bridgehead atoms. The lowest BCUT2D eigenvalue weighted by molar-refractivity contribution is -0.153. The SMILES string of the molecule is CC(C)[C@@H]1NC(=O)[C@H](C)[C@H](O)[C@@H](C)C/C=C/CCCCOC(=O)[C@@H]2CCCN(N2)C(=O)[C@H](Cc2ccccc2)NC1=O. The Bertz CT molecular complexity index is 1080. The van der Waals surface area contributed by atoms with Crippen molar-refractivity contribution >= 4 is 23.7 Å². The molecule has 4 N–H and O–H groups in total. The maximum Gasteiger partial charge on any atom is 0.324 e. The lowest BCUT2D eigenvalue weighted by atomic mass is 9.89. The monoisotopic (exact) mass is 584 g/mol. The summed E-state index contributed by atoms with van der Waals surface area (Å²) in [6.45, 7) is 7.87. The number of aliphatic hydroxyl groups excluding tert-OH is 1. The maximum atomic E-state index is 13.8. The summed E-state index contributed by atoms with van der Waals surface area (Å²) >= 11 is 0. The Hall–Kier alpha value is -3.24. The summed E-state index contributed by atoms with van der Waals surface area (Å²) in [5.41, 5.74) is 3.88. The molecule has 6 atom stereocenters. The number of nitrogens with one attached hydrogen (secondary N) is 3. The number of amides is 3. The molecule has 10 heteroatoms. The molecular formula is C32H48N4O6. The number of rotatable bonds is 3. The van der Waals surface area contributed by atoms with Crippen molar-refractivity contribution in [3.8, 4) is 0 Å². The minimum atomic E-state index is -0.937. The molecule has 0 unspecified atom stereocenters. The molecule has 0 aromatic heterocycles. The maximum absolute atomic E-state index is 13.8. The highest BCUT2D eigenvalue weighted by atomic mass is 16.5. The van der Waals surface area contributed by atoms with Gasteiger partial charge in [0, 0.05) is 13.0 Å². The molecule has 3 rings (SSSR count). The molecule has 0 radical (unpaired) electrons. The number of cyclic esters (lactones) is 1. The molecule has 0 aliphatic carbocycles. The summed E-state index contributed by atoms with van der Waals surface area (Å²) in [5, 5.41) is 18.0. The Balaban J connectivity index is 1.86. The molecule has 232 valence electrons. The fraction of sp³-hybridized carbons (Fsp3) is 0.625. The van der Waals surface area contributed by atoms with E-state index in [-0.39, 0.29) is 24.2 Å². The first kappa shape index (κ1) is 33.3. The molecule has 3 amide bonds. The molecule has 1 fully saturated rings. The van der Waals surface area contributed by atoms with Gasteiger partial charge in [-0.2, -0.15) is 0 Å². The van der Waals surface area contributed by atoms with E-state index in [1.54, 1.807) is 6.92 Å². The van der Waals surface area contributed by atoms with Gasteiger partial charge in [0.05, 0.1) is 18.6 Å². The lowest BCUT2D eigenvalue weighted by Gasteiger charge is -2.35. The molecule has 2 heterocycles. The van der Waals surface area contributed by atoms with E-state index in [1.807, 2.05) is 63.3 Å². The summed E-state index contributed by atoms with van der Waals surface area (Å²) < 4.78 is 5.50. The van der Waals surface area contributed by atoms with Gasteiger partial charge in [-0.1, -0.05) is 70.2 Å². The van der Waals surface area contributed by atoms with E-state index >= 15 is 0 Å². The quantitative estimate of drug-likeness (QED) is 0.317. The van der Waals surface area contributed by atoms with Gasteiger partial charge < -0.3 is 20.5 Å². The lowest BCUT2D eigenvalue weighted by Crippen LogP contribution is -2.62. The standard InChI is InChI=1S/C32H48N4O6/c1-21(2)27-30(39)33-26(20-24-15-10-8-11-16-24)31(40)36-18-13-17-25(35-36)32(41)42-19-12-7-5-6-9-14-22(3)28(37)23(4)29(38)34-27/h6,8-11,15-16,21-23,25-28,35,37H,5,7,12-14,17-20H2,1-4H3,(H,33,39)(H,34,38)/b9-6+/t22-,23+,25-,26-,27-,28+/m0/s1. The molecule has 1 saturated heterocycles. The third-order valence-corrected chi connectivity index (χ3v) is 8.07. The number of carbonyl (C=O) groups is 4. The molecule has 42 heavy (non-hydrogen) atoms. The van der Waals surface area contributed by atoms with Crippen LogP contribution in [0.4, 0.5) is 0 Å². The Morgan fingerprint density at radius 1 is 0.976 bits per heavy atom. The number of nitrogens with zero attached hydrogens (tertiary/aromatic N) is 1. The molecular weight excluding hydrogens is 536 g/mol. The van der Waals surface area contributed by atoms with E-state index in [9.17, 15) is 24.3 Å². The summed E-state index contributed by atoms with van der Waals surface area (Å²) in [7, 11) is 0. The normalized spacial score (nSPS) is 30.4. The highest BCUT2D eigenvalue weighted by Gasteiger charge is 2.36. The van der Waals surface area contributed by atoms with Crippen LogP contribution in [0.1, 0.15) is 71.8 Å². The third-order valence-electron chi connectivity index (χ3n) is 8.07. The second-order valence-electron chi connectivity index (χ2n) is 11.9. The van der Waals surface area contributed by atoms with Crippen molar-refractivity contribution in [1.82, 2.24) is 21.1 Å². The van der Waals surface area contributed by atoms with Gasteiger partial charge >= 0.3 is 5.97 Å². The van der Waals surface area contributed by atoms with Gasteiger partial charge in [0.25, 0.3) is 5.91 Å². The fourth-order valence-corrected chi connectivity index (χ4v) is 5.29. The largest absolute Gasteiger partial charge is 0.464 e. The zero-order chi connectivity index (χ0) is 30.6. The molecule has 0 saturated carbocycles. The van der Waals surface area contributed by atoms with Crippen LogP contribution in [0, 0.1) is 17.8 Å². The number of allylic oxidation sites excluding steroid dienone is 2. The summed E-state index contributed by atoms with van der Waals surface area (Å²) in [6.07, 6.45) is 7.52. The van der Waals surface area contributed by atoms with Gasteiger partial charge in [0.15, 0.2) is 0 Å². The second-order valence-corrected chi connectivity index (χ2v) is 11.9. The molecule has 0 spiro atoms. The Morgan fingerprint density at radius 2 is 1.71 bits per heavy atom. The van der Waals surface area contributed by atoms with Crippen LogP contribution in [-0.2, 0) is 30.3 Å². The minimum absolute atomic E-state index is 0.166. The van der Waals surface area contributed by atoms with E-state index in [0.717, 1.165) is 18.4 Å². The summed E-state index contributed by atoms with van der Waals surface area (Å²) in [4.78, 5) is 53.4. The van der Waals surface area contributed by atoms with Crippen LogP contribution >= 0.6 is 0 Å². The van der Waals surface area contributed by atoms with Crippen molar-refractivity contribution in [2.45, 2.75) is 96.9 Å². The van der Waals surface area contributed by atoms with Crippen LogP contribution in [0.3, 0.4) is 0 Å². The van der Waals surface area contributed by atoms with Crippen LogP contribution in [0.25, 0.3) is 0 Å². The number of hydrogen-bond donors (Lipinski definition) is 4. The zero-order valence-electron chi connectivity index (χ0n) is 25.4. The number of aliphatic hydroxyl groups is 1. The van der Waals surface area contributed by atoms with Crippen molar-refractivity contribution < 1.29 is 29.0 Å². The van der Waals surface area contributed by atoms with Gasteiger partial charge in [-0.05, 0) is 55.9 Å². The van der Waals surface area contributed by atoms with Crippen molar-refractivity contribution in [2.24, 2.45) is 17.8 Å². The van der Waals surface area contributed by atoms with Crippen LogP contribution in [0.2, 0.25) is 0 Å². The first-order valence-electron chi connectivity index (χ1n) is 15.3. The predicted octanol–water partition coefficient (Wildman–Crippen LogP) is 2.66. The van der Waals surface area contributed by atoms with Gasteiger partial charge in [-0.25, -0.2) is 5.43 Å².